The zero-order valence-corrected chi connectivity index (χ0v) is 26.2. The summed E-state index contributed by atoms with van der Waals surface area (Å²) in [5.41, 5.74) is 3.98. The molecule has 46 heavy (non-hydrogen) atoms. The van der Waals surface area contributed by atoms with E-state index in [1.165, 1.54) is 0 Å². The molecule has 218 valence electrons. The van der Waals surface area contributed by atoms with Gasteiger partial charge in [-0.1, -0.05) is 121 Å². The fraction of sp³-hybridized carbons (Fsp3) is 0.0244. The summed E-state index contributed by atoms with van der Waals surface area (Å²) in [5, 5.41) is 8.90. The van der Waals surface area contributed by atoms with Crippen molar-refractivity contribution in [1.29, 1.82) is 0 Å². The third-order valence-corrected chi connectivity index (χ3v) is 10.3. The van der Waals surface area contributed by atoms with Gasteiger partial charge in [-0.3, -0.25) is 0 Å². The molecule has 1 heterocycles. The molecular formula is C41H27AlO4. The maximum Gasteiger partial charge on any atom is 1.20 e. The Labute approximate surface area is 271 Å². The van der Waals surface area contributed by atoms with Gasteiger partial charge in [-0.05, 0) is 67.4 Å². The number of rotatable bonds is 4. The summed E-state index contributed by atoms with van der Waals surface area (Å²) < 4.78 is 26.6. The third-order valence-electron chi connectivity index (χ3n) is 8.95. The number of benzene rings is 8. The van der Waals surface area contributed by atoms with Crippen LogP contribution in [0.2, 0.25) is 0 Å². The molecule has 8 aromatic carbocycles. The zero-order valence-electron chi connectivity index (χ0n) is 25.1. The van der Waals surface area contributed by atoms with E-state index < -0.39 is 15.1 Å². The Bertz CT molecular complexity index is 2380. The lowest BCUT2D eigenvalue weighted by molar-refractivity contribution is 0.313. The van der Waals surface area contributed by atoms with Gasteiger partial charge in [-0.15, -0.1) is 0 Å². The first kappa shape index (κ1) is 26.9. The van der Waals surface area contributed by atoms with Crippen molar-refractivity contribution in [3.8, 4) is 45.3 Å². The normalized spacial score (nSPS) is 12.3. The first-order valence-electron chi connectivity index (χ1n) is 15.4. The molecular weight excluding hydrogens is 583 g/mol. The molecule has 0 fully saturated rings. The molecule has 0 saturated carbocycles. The van der Waals surface area contributed by atoms with E-state index in [9.17, 15) is 0 Å². The average molecular weight is 611 g/mol. The van der Waals surface area contributed by atoms with Crippen molar-refractivity contribution in [1.82, 2.24) is 0 Å². The molecule has 0 bridgehead atoms. The molecule has 0 aliphatic carbocycles. The smallest absolute Gasteiger partial charge is 0.577 e. The Morgan fingerprint density at radius 1 is 0.391 bits per heavy atom. The second-order valence-corrected chi connectivity index (χ2v) is 12.8. The summed E-state index contributed by atoms with van der Waals surface area (Å²) in [6.07, 6.45) is 0. The van der Waals surface area contributed by atoms with Crippen LogP contribution in [0.4, 0.5) is 0 Å². The lowest BCUT2D eigenvalue weighted by atomic mass is 9.92. The van der Waals surface area contributed by atoms with Crippen LogP contribution in [-0.4, -0.2) is 22.3 Å². The molecule has 0 amide bonds. The maximum absolute atomic E-state index is 6.95. The number of fused-ring (bicyclic) bond motifs is 9. The molecule has 0 saturated heterocycles. The van der Waals surface area contributed by atoms with Gasteiger partial charge in [0.25, 0.3) is 0 Å². The monoisotopic (exact) mass is 610 g/mol. The second kappa shape index (κ2) is 10.9. The fourth-order valence-corrected chi connectivity index (χ4v) is 8.24. The van der Waals surface area contributed by atoms with Gasteiger partial charge in [-0.2, -0.15) is 0 Å². The zero-order chi connectivity index (χ0) is 30.6. The summed E-state index contributed by atoms with van der Waals surface area (Å²) in [5.74, 6) is 2.99. The van der Waals surface area contributed by atoms with Crippen LogP contribution in [-0.2, 0) is 0 Å². The highest BCUT2D eigenvalue weighted by molar-refractivity contribution is 6.41. The molecule has 0 radical (unpaired) electrons. The topological polar surface area (TPSA) is 36.9 Å². The van der Waals surface area contributed by atoms with E-state index in [1.807, 2.05) is 12.1 Å². The van der Waals surface area contributed by atoms with E-state index in [0.717, 1.165) is 82.6 Å². The number of hydrogen-bond acceptors (Lipinski definition) is 4. The van der Waals surface area contributed by atoms with Crippen LogP contribution >= 0.6 is 0 Å². The van der Waals surface area contributed by atoms with Crippen LogP contribution in [0.25, 0.3) is 65.3 Å². The minimum absolute atomic E-state index is 0.691. The molecule has 0 spiro atoms. The first-order chi connectivity index (χ1) is 22.8. The summed E-state index contributed by atoms with van der Waals surface area (Å²) >= 11 is -2.89. The summed E-state index contributed by atoms with van der Waals surface area (Å²) in [6, 6.07) is 50.2. The molecule has 8 aromatic rings. The molecule has 1 aliphatic rings. The van der Waals surface area contributed by atoms with Crippen LogP contribution in [0.15, 0.2) is 146 Å². The second-order valence-electron chi connectivity index (χ2n) is 11.5. The highest BCUT2D eigenvalue weighted by atomic mass is 27.3. The predicted octanol–water partition coefficient (Wildman–Crippen LogP) is 10.5. The quantitative estimate of drug-likeness (QED) is 0.186. The first-order valence-corrected chi connectivity index (χ1v) is 16.8. The van der Waals surface area contributed by atoms with Crippen molar-refractivity contribution in [3.05, 3.63) is 146 Å². The van der Waals surface area contributed by atoms with Crippen molar-refractivity contribution in [2.45, 2.75) is 0 Å². The number of hydrogen-bond donors (Lipinski definition) is 0. The van der Waals surface area contributed by atoms with E-state index in [1.54, 1.807) is 7.11 Å². The van der Waals surface area contributed by atoms with Gasteiger partial charge >= 0.3 is 15.1 Å². The molecule has 5 heteroatoms. The van der Waals surface area contributed by atoms with Crippen LogP contribution in [0, 0.1) is 0 Å². The van der Waals surface area contributed by atoms with Gasteiger partial charge in [0.2, 0.25) is 0 Å². The van der Waals surface area contributed by atoms with Crippen LogP contribution < -0.4 is 16.1 Å². The predicted molar refractivity (Wildman–Crippen MR) is 188 cm³/mol. The molecule has 4 nitrogen and oxygen atoms in total. The number of methoxy groups -OCH3 is 1. The lowest BCUT2D eigenvalue weighted by Gasteiger charge is -2.21. The van der Waals surface area contributed by atoms with E-state index in [0.29, 0.717) is 5.75 Å². The van der Waals surface area contributed by atoms with Gasteiger partial charge in [0.05, 0.1) is 24.4 Å². The maximum atomic E-state index is 6.95. The standard InChI is InChI=1S/C21H16O2.C20H14O2.Al/c1-23-19-13-11-15-7-3-5-9-17(15)21(19)20-16-8-4-2-6-14(16)10-12-18(20)22;21-17-11-9-13-5-1-3-7-15(13)19(17)20-16-8-4-2-6-14(16)10-12-18(20)22;/h2-13,22H,1H3;1-12,21-22H;/q;;+3/p-3. The van der Waals surface area contributed by atoms with Crippen molar-refractivity contribution in [2.75, 3.05) is 7.11 Å². The van der Waals surface area contributed by atoms with Crippen molar-refractivity contribution in [3.63, 3.8) is 0 Å². The molecule has 0 aromatic heterocycles. The van der Waals surface area contributed by atoms with Gasteiger partial charge in [-0.25, -0.2) is 0 Å². The van der Waals surface area contributed by atoms with Crippen molar-refractivity contribution >= 4 is 58.2 Å². The Balaban J connectivity index is 1.27. The molecule has 0 unspecified atom stereocenters. The lowest BCUT2D eigenvalue weighted by Crippen LogP contribution is -2.36. The van der Waals surface area contributed by atoms with Crippen LogP contribution in [0.5, 0.6) is 23.0 Å². The Kier molecular flexibility index (Phi) is 6.35. The largest absolute Gasteiger partial charge is 1.20 e. The summed E-state index contributed by atoms with van der Waals surface area (Å²) in [7, 11) is 1.72. The average Bonchev–Trinajstić information content (AvgIpc) is 3.28. The van der Waals surface area contributed by atoms with Crippen molar-refractivity contribution < 1.29 is 16.1 Å². The highest BCUT2D eigenvalue weighted by Crippen LogP contribution is 2.49. The van der Waals surface area contributed by atoms with E-state index in [-0.39, 0.29) is 0 Å². The molecule has 0 atom stereocenters. The van der Waals surface area contributed by atoms with Gasteiger partial charge in [0.1, 0.15) is 5.75 Å². The molecule has 9 rings (SSSR count). The van der Waals surface area contributed by atoms with Gasteiger partial charge in [0, 0.05) is 22.3 Å². The van der Waals surface area contributed by atoms with Crippen LogP contribution in [0.3, 0.4) is 0 Å². The van der Waals surface area contributed by atoms with Gasteiger partial charge < -0.3 is 16.1 Å². The fourth-order valence-electron chi connectivity index (χ4n) is 6.89. The Morgan fingerprint density at radius 3 is 1.22 bits per heavy atom. The minimum Gasteiger partial charge on any atom is -0.577 e. The van der Waals surface area contributed by atoms with E-state index in [2.05, 4.69) is 133 Å². The van der Waals surface area contributed by atoms with Crippen molar-refractivity contribution in [2.24, 2.45) is 0 Å². The van der Waals surface area contributed by atoms with E-state index in [4.69, 9.17) is 16.1 Å². The van der Waals surface area contributed by atoms with Crippen LogP contribution in [0.1, 0.15) is 0 Å². The third kappa shape index (κ3) is 4.29. The summed E-state index contributed by atoms with van der Waals surface area (Å²) in [4.78, 5) is 0. The van der Waals surface area contributed by atoms with Gasteiger partial charge in [0.15, 0.2) is 0 Å². The Morgan fingerprint density at radius 2 is 0.761 bits per heavy atom. The van der Waals surface area contributed by atoms with E-state index >= 15 is 0 Å². The molecule has 1 aliphatic heterocycles. The number of ether oxygens (including phenoxy) is 1. The SMILES string of the molecule is COc1ccc2ccccc2c1-c1c([O][Al]2[O]c3ccc4ccccc4c3-c3c(ccc4ccccc34)[O]2)ccc2ccccc12. The highest BCUT2D eigenvalue weighted by Gasteiger charge is 2.48. The minimum atomic E-state index is -2.89. The Hall–Kier alpha value is -5.47. The molecule has 0 N–H and O–H groups in total. The summed E-state index contributed by atoms with van der Waals surface area (Å²) in [6.45, 7) is 0.